The largest absolute Gasteiger partial charge is 0.332 e. The summed E-state index contributed by atoms with van der Waals surface area (Å²) >= 11 is 0. The molecule has 0 saturated heterocycles. The lowest BCUT2D eigenvalue weighted by Crippen LogP contribution is -2.28. The second-order valence-electron chi connectivity index (χ2n) is 6.66. The van der Waals surface area contributed by atoms with Gasteiger partial charge in [-0.3, -0.25) is 4.79 Å². The summed E-state index contributed by atoms with van der Waals surface area (Å²) in [6.07, 6.45) is 0. The number of carbonyl (C=O) groups is 1. The molecule has 0 fully saturated rings. The molecule has 0 spiro atoms. The Hall–Kier alpha value is -3.46. The van der Waals surface area contributed by atoms with Gasteiger partial charge < -0.3 is 9.88 Å². The maximum atomic E-state index is 14.0. The number of rotatable bonds is 4. The third kappa shape index (κ3) is 3.65. The molecule has 3 rings (SSSR count). The van der Waals surface area contributed by atoms with Crippen LogP contribution in [-0.2, 0) is 0 Å². The summed E-state index contributed by atoms with van der Waals surface area (Å²) < 4.78 is 29.1. The van der Waals surface area contributed by atoms with Crippen LogP contribution < -0.4 is 5.32 Å². The van der Waals surface area contributed by atoms with Crippen LogP contribution in [0.2, 0.25) is 0 Å². The fourth-order valence-electron chi connectivity index (χ4n) is 3.28. The molecule has 1 unspecified atom stereocenters. The lowest BCUT2D eigenvalue weighted by atomic mass is 10.1. The average Bonchev–Trinajstić information content (AvgIpc) is 2.94. The number of carbonyl (C=O) groups excluding carboxylic acids is 1. The molecule has 28 heavy (non-hydrogen) atoms. The lowest BCUT2D eigenvalue weighted by Gasteiger charge is -2.14. The van der Waals surface area contributed by atoms with Crippen LogP contribution in [0.15, 0.2) is 48.5 Å². The average molecular weight is 379 g/mol. The van der Waals surface area contributed by atoms with Gasteiger partial charge in [0.05, 0.1) is 11.6 Å². The van der Waals surface area contributed by atoms with Crippen molar-refractivity contribution in [3.05, 3.63) is 88.2 Å². The van der Waals surface area contributed by atoms with Crippen LogP contribution in [0.5, 0.6) is 0 Å². The molecule has 2 aromatic carbocycles. The molecule has 1 amide bonds. The van der Waals surface area contributed by atoms with Gasteiger partial charge in [0.15, 0.2) is 0 Å². The van der Waals surface area contributed by atoms with Gasteiger partial charge in [-0.2, -0.15) is 5.26 Å². The first-order chi connectivity index (χ1) is 13.3. The molecule has 0 bridgehead atoms. The van der Waals surface area contributed by atoms with Crippen molar-refractivity contribution in [1.29, 1.82) is 5.26 Å². The molecular formula is C22H19F2N3O. The van der Waals surface area contributed by atoms with E-state index in [1.54, 1.807) is 6.07 Å². The summed E-state index contributed by atoms with van der Waals surface area (Å²) in [7, 11) is 0. The minimum atomic E-state index is -1.23. The van der Waals surface area contributed by atoms with Crippen molar-refractivity contribution >= 4 is 5.91 Å². The molecule has 0 aliphatic heterocycles. The number of halogens is 2. The zero-order valence-electron chi connectivity index (χ0n) is 15.8. The Morgan fingerprint density at radius 1 is 1.11 bits per heavy atom. The topological polar surface area (TPSA) is 57.8 Å². The number of nitrogens with zero attached hydrogens (tertiary/aromatic N) is 2. The monoisotopic (exact) mass is 379 g/mol. The molecular weight excluding hydrogens is 360 g/mol. The molecule has 0 saturated carbocycles. The van der Waals surface area contributed by atoms with Gasteiger partial charge in [0.1, 0.15) is 17.7 Å². The van der Waals surface area contributed by atoms with Crippen molar-refractivity contribution < 1.29 is 13.6 Å². The Bertz CT molecular complexity index is 1100. The molecule has 3 aromatic rings. The Labute approximate surface area is 162 Å². The first-order valence-electron chi connectivity index (χ1n) is 8.73. The maximum absolute atomic E-state index is 14.0. The van der Waals surface area contributed by atoms with Gasteiger partial charge in [-0.15, -0.1) is 0 Å². The molecule has 1 atom stereocenters. The first-order valence-corrected chi connectivity index (χ1v) is 8.73. The summed E-state index contributed by atoms with van der Waals surface area (Å²) in [5.41, 5.74) is 3.89. The second-order valence-corrected chi connectivity index (χ2v) is 6.66. The third-order valence-electron chi connectivity index (χ3n) is 4.61. The summed E-state index contributed by atoms with van der Waals surface area (Å²) in [5.74, 6) is -2.12. The van der Waals surface area contributed by atoms with Crippen molar-refractivity contribution in [2.75, 3.05) is 0 Å². The Morgan fingerprint density at radius 3 is 2.50 bits per heavy atom. The van der Waals surface area contributed by atoms with Gasteiger partial charge in [0.2, 0.25) is 0 Å². The Balaban J connectivity index is 1.93. The second kappa shape index (κ2) is 7.65. The summed E-state index contributed by atoms with van der Waals surface area (Å²) in [5, 5.41) is 11.9. The number of hydrogen-bond acceptors (Lipinski definition) is 2. The molecule has 0 radical (unpaired) electrons. The highest BCUT2D eigenvalue weighted by Gasteiger charge is 2.22. The van der Waals surface area contributed by atoms with Gasteiger partial charge in [0.25, 0.3) is 5.91 Å². The lowest BCUT2D eigenvalue weighted by molar-refractivity contribution is 0.0944. The van der Waals surface area contributed by atoms with E-state index in [2.05, 4.69) is 5.32 Å². The number of amides is 1. The van der Waals surface area contributed by atoms with Gasteiger partial charge in [-0.25, -0.2) is 8.78 Å². The summed E-state index contributed by atoms with van der Waals surface area (Å²) in [6, 6.07) is 13.1. The molecule has 0 aliphatic carbocycles. The van der Waals surface area contributed by atoms with E-state index in [-0.39, 0.29) is 5.56 Å². The maximum Gasteiger partial charge on any atom is 0.254 e. The highest BCUT2D eigenvalue weighted by Crippen LogP contribution is 2.23. The predicted molar refractivity (Wildman–Crippen MR) is 102 cm³/mol. The molecule has 1 N–H and O–H groups in total. The molecule has 142 valence electrons. The standard InChI is InChI=1S/C22H19F2N3O/c1-13-5-4-6-17(9-13)27-14(2)10-19(15(27)3)22(28)26-21(12-25)18-8-7-16(23)11-20(18)24/h4-11,21H,1-3H3,(H,26,28). The normalized spacial score (nSPS) is 11.7. The van der Waals surface area contributed by atoms with Crippen molar-refractivity contribution in [2.45, 2.75) is 26.8 Å². The highest BCUT2D eigenvalue weighted by atomic mass is 19.1. The van der Waals surface area contributed by atoms with E-state index in [0.29, 0.717) is 17.3 Å². The predicted octanol–water partition coefficient (Wildman–Crippen LogP) is 4.68. The van der Waals surface area contributed by atoms with E-state index in [9.17, 15) is 18.8 Å². The Kier molecular flexibility index (Phi) is 5.27. The van der Waals surface area contributed by atoms with Gasteiger partial charge in [0, 0.05) is 28.7 Å². The zero-order valence-corrected chi connectivity index (χ0v) is 15.8. The van der Waals surface area contributed by atoms with Crippen LogP contribution in [-0.4, -0.2) is 10.5 Å². The number of nitriles is 1. The van der Waals surface area contributed by atoms with Crippen LogP contribution in [0.3, 0.4) is 0 Å². The molecule has 1 aromatic heterocycles. The minimum Gasteiger partial charge on any atom is -0.332 e. The van der Waals surface area contributed by atoms with E-state index >= 15 is 0 Å². The number of aryl methyl sites for hydroxylation is 2. The van der Waals surface area contributed by atoms with Crippen molar-refractivity contribution in [1.82, 2.24) is 9.88 Å². The SMILES string of the molecule is Cc1cccc(-n2c(C)cc(C(=O)NC(C#N)c3ccc(F)cc3F)c2C)c1. The highest BCUT2D eigenvalue weighted by molar-refractivity contribution is 5.96. The van der Waals surface area contributed by atoms with Crippen LogP contribution in [0.25, 0.3) is 5.69 Å². The summed E-state index contributed by atoms with van der Waals surface area (Å²) in [6.45, 7) is 5.68. The van der Waals surface area contributed by atoms with Crippen molar-refractivity contribution in [3.63, 3.8) is 0 Å². The quantitative estimate of drug-likeness (QED) is 0.716. The van der Waals surface area contributed by atoms with E-state index < -0.39 is 23.6 Å². The van der Waals surface area contributed by atoms with Crippen LogP contribution in [0, 0.1) is 43.7 Å². The zero-order chi connectivity index (χ0) is 20.4. The van der Waals surface area contributed by atoms with Crippen LogP contribution in [0.1, 0.15) is 38.9 Å². The number of hydrogen-bond donors (Lipinski definition) is 1. The van der Waals surface area contributed by atoms with E-state index in [0.717, 1.165) is 29.1 Å². The van der Waals surface area contributed by atoms with Crippen molar-refractivity contribution in [2.24, 2.45) is 0 Å². The van der Waals surface area contributed by atoms with E-state index in [1.807, 2.05) is 55.7 Å². The molecule has 1 heterocycles. The first kappa shape index (κ1) is 19.3. The summed E-state index contributed by atoms with van der Waals surface area (Å²) in [4.78, 5) is 12.8. The third-order valence-corrected chi connectivity index (χ3v) is 4.61. The van der Waals surface area contributed by atoms with Crippen LogP contribution in [0.4, 0.5) is 8.78 Å². The van der Waals surface area contributed by atoms with Gasteiger partial charge in [-0.05, 0) is 50.6 Å². The molecule has 4 nitrogen and oxygen atoms in total. The van der Waals surface area contributed by atoms with E-state index in [1.165, 1.54) is 0 Å². The number of nitrogens with one attached hydrogen (secondary N) is 1. The fourth-order valence-corrected chi connectivity index (χ4v) is 3.28. The molecule has 0 aliphatic rings. The number of aromatic nitrogens is 1. The van der Waals surface area contributed by atoms with Gasteiger partial charge in [-0.1, -0.05) is 18.2 Å². The van der Waals surface area contributed by atoms with Gasteiger partial charge >= 0.3 is 0 Å². The number of benzene rings is 2. The molecule has 6 heteroatoms. The van der Waals surface area contributed by atoms with E-state index in [4.69, 9.17) is 0 Å². The van der Waals surface area contributed by atoms with Crippen LogP contribution >= 0.6 is 0 Å². The fraction of sp³-hybridized carbons (Fsp3) is 0.182. The smallest absolute Gasteiger partial charge is 0.254 e. The van der Waals surface area contributed by atoms with Crippen molar-refractivity contribution in [3.8, 4) is 11.8 Å². The Morgan fingerprint density at radius 2 is 1.86 bits per heavy atom. The minimum absolute atomic E-state index is 0.0789.